The van der Waals surface area contributed by atoms with Gasteiger partial charge in [-0.15, -0.1) is 0 Å². The van der Waals surface area contributed by atoms with E-state index in [2.05, 4.69) is 66.7 Å². The second-order valence-corrected chi connectivity index (χ2v) is 13.0. The summed E-state index contributed by atoms with van der Waals surface area (Å²) in [5.74, 6) is 1.80. The van der Waals surface area contributed by atoms with Crippen molar-refractivity contribution in [3.8, 4) is 45.3 Å². The van der Waals surface area contributed by atoms with Crippen LogP contribution in [0.3, 0.4) is 0 Å². The molecule has 6 heteroatoms. The van der Waals surface area contributed by atoms with E-state index < -0.39 is 0 Å². The zero-order valence-corrected chi connectivity index (χ0v) is 27.6. The van der Waals surface area contributed by atoms with Crippen molar-refractivity contribution in [2.24, 2.45) is 0 Å². The maximum atomic E-state index is 6.31. The van der Waals surface area contributed by atoms with Gasteiger partial charge in [0.25, 0.3) is 0 Å². The summed E-state index contributed by atoms with van der Waals surface area (Å²) in [6.45, 7) is 0. The number of pyridine rings is 1. The first-order chi connectivity index (χ1) is 25.7. The van der Waals surface area contributed by atoms with Crippen LogP contribution in [0, 0.1) is 0 Å². The number of hydrogen-bond donors (Lipinski definition) is 0. The molecule has 4 aromatic heterocycles. The summed E-state index contributed by atoms with van der Waals surface area (Å²) < 4.78 is 12.5. The Bertz CT molecular complexity index is 3200. The third-order valence-electron chi connectivity index (χ3n) is 9.93. The number of benzene rings is 7. The highest BCUT2D eigenvalue weighted by atomic mass is 16.3. The minimum Gasteiger partial charge on any atom is -0.456 e. The van der Waals surface area contributed by atoms with Gasteiger partial charge < -0.3 is 8.83 Å². The summed E-state index contributed by atoms with van der Waals surface area (Å²) >= 11 is 0. The summed E-state index contributed by atoms with van der Waals surface area (Å²) in [6.07, 6.45) is 0. The standard InChI is InChI=1S/C46H26N4O2/c1-2-11-27(12-3-1)43-48-44(50-45(49-43)35-18-10-21-39-42(35)34-15-5-7-20-38(34)51-39)30-23-24-31-28(25-30)14-8-16-32(31)33-17-9-22-40-41(33)36-26-29-13-4-6-19-37(29)47-46(36)52-40/h1-26H. The van der Waals surface area contributed by atoms with E-state index in [1.54, 1.807) is 0 Å². The predicted octanol–water partition coefficient (Wildman–Crippen LogP) is 12.0. The van der Waals surface area contributed by atoms with Gasteiger partial charge in [-0.25, -0.2) is 19.9 Å². The molecule has 242 valence electrons. The highest BCUT2D eigenvalue weighted by molar-refractivity contribution is 6.16. The fraction of sp³-hybridized carbons (Fsp3) is 0. The Morgan fingerprint density at radius 1 is 0.346 bits per heavy atom. The van der Waals surface area contributed by atoms with Crippen molar-refractivity contribution >= 4 is 65.7 Å². The number of nitrogens with zero attached hydrogens (tertiary/aromatic N) is 4. The number of rotatable bonds is 4. The lowest BCUT2D eigenvalue weighted by Gasteiger charge is -2.12. The van der Waals surface area contributed by atoms with E-state index >= 15 is 0 Å². The van der Waals surface area contributed by atoms with Gasteiger partial charge in [0.1, 0.15) is 16.7 Å². The average molecular weight is 667 g/mol. The van der Waals surface area contributed by atoms with Gasteiger partial charge in [0, 0.05) is 43.6 Å². The van der Waals surface area contributed by atoms with Crippen LogP contribution in [-0.4, -0.2) is 19.9 Å². The highest BCUT2D eigenvalue weighted by Crippen LogP contribution is 2.41. The number of furan rings is 2. The molecule has 52 heavy (non-hydrogen) atoms. The Kier molecular flexibility index (Phi) is 6.15. The zero-order chi connectivity index (χ0) is 34.2. The first kappa shape index (κ1) is 28.6. The van der Waals surface area contributed by atoms with Crippen LogP contribution in [-0.2, 0) is 0 Å². The van der Waals surface area contributed by atoms with Gasteiger partial charge >= 0.3 is 0 Å². The Balaban J connectivity index is 1.10. The lowest BCUT2D eigenvalue weighted by molar-refractivity contribution is 0.656. The summed E-state index contributed by atoms with van der Waals surface area (Å²) in [4.78, 5) is 20.1. The summed E-state index contributed by atoms with van der Waals surface area (Å²) in [7, 11) is 0. The molecule has 11 rings (SSSR count). The molecule has 11 aromatic rings. The van der Waals surface area contributed by atoms with Crippen molar-refractivity contribution in [2.75, 3.05) is 0 Å². The largest absolute Gasteiger partial charge is 0.456 e. The van der Waals surface area contributed by atoms with Crippen molar-refractivity contribution in [1.82, 2.24) is 19.9 Å². The maximum absolute atomic E-state index is 6.31. The number of hydrogen-bond acceptors (Lipinski definition) is 6. The van der Waals surface area contributed by atoms with Crippen molar-refractivity contribution < 1.29 is 8.83 Å². The molecule has 0 amide bonds. The van der Waals surface area contributed by atoms with Gasteiger partial charge in [0.2, 0.25) is 5.71 Å². The van der Waals surface area contributed by atoms with Gasteiger partial charge in [-0.2, -0.15) is 0 Å². The number of fused-ring (bicyclic) bond motifs is 8. The Labute approximate surface area is 296 Å². The summed E-state index contributed by atoms with van der Waals surface area (Å²) in [5.41, 5.74) is 8.93. The van der Waals surface area contributed by atoms with E-state index in [-0.39, 0.29) is 0 Å². The topological polar surface area (TPSA) is 77.8 Å². The Morgan fingerprint density at radius 3 is 1.90 bits per heavy atom. The molecule has 6 nitrogen and oxygen atoms in total. The van der Waals surface area contributed by atoms with Crippen LogP contribution in [0.2, 0.25) is 0 Å². The molecule has 0 aliphatic carbocycles. The third-order valence-corrected chi connectivity index (χ3v) is 9.93. The molecule has 0 atom stereocenters. The molecule has 0 saturated heterocycles. The second kappa shape index (κ2) is 11.2. The number of para-hydroxylation sites is 2. The SMILES string of the molecule is c1ccc(-c2nc(-c3ccc4c(-c5cccc6oc7nc8ccccc8cc7c56)cccc4c3)nc(-c3cccc4oc5ccccc5c34)n2)cc1. The fourth-order valence-corrected chi connectivity index (χ4v) is 7.54. The first-order valence-corrected chi connectivity index (χ1v) is 17.2. The van der Waals surface area contributed by atoms with Crippen LogP contribution in [0.1, 0.15) is 0 Å². The molecule has 7 aromatic carbocycles. The molecule has 4 heterocycles. The summed E-state index contributed by atoms with van der Waals surface area (Å²) in [5, 5.41) is 7.36. The molecule has 0 aliphatic rings. The maximum Gasteiger partial charge on any atom is 0.227 e. The predicted molar refractivity (Wildman–Crippen MR) is 209 cm³/mol. The molecular weight excluding hydrogens is 641 g/mol. The minimum absolute atomic E-state index is 0.592. The van der Waals surface area contributed by atoms with E-state index in [1.807, 2.05) is 91.0 Å². The van der Waals surface area contributed by atoms with Gasteiger partial charge in [0.15, 0.2) is 17.5 Å². The fourth-order valence-electron chi connectivity index (χ4n) is 7.54. The van der Waals surface area contributed by atoms with Gasteiger partial charge in [-0.3, -0.25) is 0 Å². The Morgan fingerprint density at radius 2 is 1.00 bits per heavy atom. The van der Waals surface area contributed by atoms with Crippen molar-refractivity contribution in [3.05, 3.63) is 158 Å². The van der Waals surface area contributed by atoms with E-state index in [9.17, 15) is 0 Å². The van der Waals surface area contributed by atoms with Crippen LogP contribution in [0.25, 0.3) is 111 Å². The molecule has 0 fully saturated rings. The normalized spacial score (nSPS) is 11.8. The van der Waals surface area contributed by atoms with Crippen LogP contribution in [0.5, 0.6) is 0 Å². The van der Waals surface area contributed by atoms with Crippen molar-refractivity contribution in [3.63, 3.8) is 0 Å². The lowest BCUT2D eigenvalue weighted by atomic mass is 9.94. The van der Waals surface area contributed by atoms with Gasteiger partial charge in [-0.05, 0) is 58.3 Å². The highest BCUT2D eigenvalue weighted by Gasteiger charge is 2.19. The lowest BCUT2D eigenvalue weighted by Crippen LogP contribution is -2.00. The smallest absolute Gasteiger partial charge is 0.227 e. The van der Waals surface area contributed by atoms with Gasteiger partial charge in [-0.1, -0.05) is 121 Å². The minimum atomic E-state index is 0.592. The van der Waals surface area contributed by atoms with E-state index in [0.717, 1.165) is 87.8 Å². The number of aromatic nitrogens is 4. The van der Waals surface area contributed by atoms with Crippen LogP contribution in [0.15, 0.2) is 167 Å². The van der Waals surface area contributed by atoms with Crippen molar-refractivity contribution in [2.45, 2.75) is 0 Å². The molecule has 0 aliphatic heterocycles. The average Bonchev–Trinajstić information content (AvgIpc) is 3.77. The van der Waals surface area contributed by atoms with Gasteiger partial charge in [0.05, 0.1) is 5.52 Å². The second-order valence-electron chi connectivity index (χ2n) is 13.0. The molecule has 0 unspecified atom stereocenters. The molecular formula is C46H26N4O2. The van der Waals surface area contributed by atoms with E-state index in [0.29, 0.717) is 23.2 Å². The van der Waals surface area contributed by atoms with E-state index in [4.69, 9.17) is 28.8 Å². The van der Waals surface area contributed by atoms with E-state index in [1.165, 1.54) is 0 Å². The Hall–Kier alpha value is -7.18. The molecule has 0 saturated carbocycles. The quantitative estimate of drug-likeness (QED) is 0.186. The molecule has 0 N–H and O–H groups in total. The van der Waals surface area contributed by atoms with Crippen LogP contribution in [0.4, 0.5) is 0 Å². The first-order valence-electron chi connectivity index (χ1n) is 17.2. The third kappa shape index (κ3) is 4.44. The monoisotopic (exact) mass is 666 g/mol. The molecule has 0 bridgehead atoms. The molecule has 0 radical (unpaired) electrons. The zero-order valence-electron chi connectivity index (χ0n) is 27.6. The van der Waals surface area contributed by atoms with Crippen molar-refractivity contribution in [1.29, 1.82) is 0 Å². The van der Waals surface area contributed by atoms with Crippen LogP contribution >= 0.6 is 0 Å². The van der Waals surface area contributed by atoms with Crippen LogP contribution < -0.4 is 0 Å². The summed E-state index contributed by atoms with van der Waals surface area (Å²) in [6, 6.07) is 53.6. The molecule has 0 spiro atoms.